The van der Waals surface area contributed by atoms with Gasteiger partial charge >= 0.3 is 12.1 Å². The molecule has 10 heteroatoms. The van der Waals surface area contributed by atoms with E-state index in [1.807, 2.05) is 36.4 Å². The molecule has 0 aromatic heterocycles. The first-order valence-corrected chi connectivity index (χ1v) is 11.8. The second kappa shape index (κ2) is 12.9. The molecule has 2 aromatic rings. The summed E-state index contributed by atoms with van der Waals surface area (Å²) in [7, 11) is 1.22. The Bertz CT molecular complexity index is 1020. The van der Waals surface area contributed by atoms with E-state index in [0.717, 1.165) is 11.1 Å². The summed E-state index contributed by atoms with van der Waals surface area (Å²) in [6.45, 7) is 0.265. The number of nitrogens with zero attached hydrogens (tertiary/aromatic N) is 2. The van der Waals surface area contributed by atoms with Gasteiger partial charge in [-0.2, -0.15) is 5.01 Å². The lowest BCUT2D eigenvalue weighted by atomic mass is 10.1. The fourth-order valence-electron chi connectivity index (χ4n) is 3.87. The third kappa shape index (κ3) is 7.03. The number of rotatable bonds is 9. The van der Waals surface area contributed by atoms with Gasteiger partial charge in [0.15, 0.2) is 0 Å². The van der Waals surface area contributed by atoms with Crippen LogP contribution in [0, 0.1) is 0 Å². The zero-order valence-electron chi connectivity index (χ0n) is 19.4. The lowest BCUT2D eigenvalue weighted by Gasteiger charge is -2.30. The summed E-state index contributed by atoms with van der Waals surface area (Å²) in [4.78, 5) is 52.8. The van der Waals surface area contributed by atoms with Gasteiger partial charge in [-0.15, -0.1) is 11.6 Å². The number of esters is 1. The van der Waals surface area contributed by atoms with Gasteiger partial charge < -0.3 is 14.4 Å². The Morgan fingerprint density at radius 1 is 1.06 bits per heavy atom. The molecule has 1 N–H and O–H groups in total. The number of hydrogen-bond acceptors (Lipinski definition) is 7. The van der Waals surface area contributed by atoms with Crippen LogP contribution in [0.2, 0.25) is 0 Å². The first-order valence-electron chi connectivity index (χ1n) is 11.2. The second-order valence-corrected chi connectivity index (χ2v) is 8.25. The van der Waals surface area contributed by atoms with Gasteiger partial charge in [-0.3, -0.25) is 14.4 Å². The summed E-state index contributed by atoms with van der Waals surface area (Å²) in [5, 5.41) is 0.679. The quantitative estimate of drug-likeness (QED) is 0.320. The molecule has 1 aliphatic rings. The average Bonchev–Trinajstić information content (AvgIpc) is 3.39. The zero-order valence-corrected chi connectivity index (χ0v) is 20.1. The highest BCUT2D eigenvalue weighted by molar-refractivity contribution is 6.27. The summed E-state index contributed by atoms with van der Waals surface area (Å²) < 4.78 is 10.3. The summed E-state index contributed by atoms with van der Waals surface area (Å²) in [6, 6.07) is 16.1. The first kappa shape index (κ1) is 26.2. The van der Waals surface area contributed by atoms with Crippen LogP contribution in [-0.4, -0.2) is 65.4 Å². The van der Waals surface area contributed by atoms with Gasteiger partial charge in [0.1, 0.15) is 24.6 Å². The minimum Gasteiger partial charge on any atom is -0.468 e. The molecule has 35 heavy (non-hydrogen) atoms. The van der Waals surface area contributed by atoms with Crippen LogP contribution < -0.4 is 5.43 Å². The van der Waals surface area contributed by atoms with Crippen molar-refractivity contribution in [2.45, 2.75) is 38.0 Å². The number of benzene rings is 2. The van der Waals surface area contributed by atoms with Crippen LogP contribution in [0.25, 0.3) is 0 Å². The van der Waals surface area contributed by atoms with Crippen molar-refractivity contribution in [1.82, 2.24) is 15.3 Å². The molecule has 1 fully saturated rings. The molecule has 1 heterocycles. The topological polar surface area (TPSA) is 105 Å². The van der Waals surface area contributed by atoms with Crippen LogP contribution in [0.3, 0.4) is 0 Å². The van der Waals surface area contributed by atoms with Crippen LogP contribution in [0.15, 0.2) is 60.7 Å². The Morgan fingerprint density at radius 3 is 2.29 bits per heavy atom. The number of carbonyl (C=O) groups is 4. The summed E-state index contributed by atoms with van der Waals surface area (Å²) in [6.07, 6.45) is 0.0907. The van der Waals surface area contributed by atoms with E-state index in [2.05, 4.69) is 5.43 Å². The molecule has 0 bridgehead atoms. The predicted molar refractivity (Wildman–Crippen MR) is 128 cm³/mol. The van der Waals surface area contributed by atoms with Crippen molar-refractivity contribution in [3.8, 4) is 0 Å². The van der Waals surface area contributed by atoms with E-state index < -0.39 is 36.0 Å². The normalized spacial score (nSPS) is 15.8. The molecule has 9 nitrogen and oxygen atoms in total. The fourth-order valence-corrected chi connectivity index (χ4v) is 4.02. The van der Waals surface area contributed by atoms with Crippen LogP contribution >= 0.6 is 11.6 Å². The number of amides is 3. The van der Waals surface area contributed by atoms with Crippen molar-refractivity contribution < 1.29 is 28.7 Å². The number of hydrogen-bond donors (Lipinski definition) is 1. The van der Waals surface area contributed by atoms with E-state index >= 15 is 0 Å². The van der Waals surface area contributed by atoms with Crippen LogP contribution in [-0.2, 0) is 36.9 Å². The number of imide groups is 1. The molecular weight excluding hydrogens is 474 g/mol. The van der Waals surface area contributed by atoms with Crippen molar-refractivity contribution >= 4 is 35.5 Å². The van der Waals surface area contributed by atoms with Crippen molar-refractivity contribution in [3.63, 3.8) is 0 Å². The maximum Gasteiger partial charge on any atom is 0.431 e. The third-order valence-corrected chi connectivity index (χ3v) is 5.86. The van der Waals surface area contributed by atoms with Gasteiger partial charge in [0, 0.05) is 13.0 Å². The van der Waals surface area contributed by atoms with E-state index in [9.17, 15) is 19.2 Å². The number of carbonyl (C=O) groups excluding carboxylic acids is 4. The molecule has 0 spiro atoms. The van der Waals surface area contributed by atoms with Crippen molar-refractivity contribution in [2.24, 2.45) is 0 Å². The van der Waals surface area contributed by atoms with Gasteiger partial charge in [-0.05, 0) is 24.0 Å². The van der Waals surface area contributed by atoms with Gasteiger partial charge in [-0.25, -0.2) is 10.2 Å². The molecule has 0 saturated carbocycles. The standard InChI is InChI=1S/C25H28ClN3O6/c1-34-24(32)20(15-18-9-4-2-5-10-18)27-29(25(33)35-17-19-11-6-3-7-12-19)23(31)21-13-8-14-28(21)22(30)16-26/h2-7,9-12,20-21,27H,8,13-17H2,1H3/t20-,21-/m0/s1. The molecule has 2 aromatic carbocycles. The SMILES string of the molecule is COC(=O)[C@H](Cc1ccccc1)NN(C(=O)OCc1ccccc1)C(=O)[C@@H]1CCCN1C(=O)CCl. The number of hydrazine groups is 1. The molecule has 0 unspecified atom stereocenters. The lowest BCUT2D eigenvalue weighted by Crippen LogP contribution is -2.59. The molecule has 0 radical (unpaired) electrons. The van der Waals surface area contributed by atoms with Gasteiger partial charge in [0.2, 0.25) is 5.91 Å². The maximum atomic E-state index is 13.5. The maximum absolute atomic E-state index is 13.5. The van der Waals surface area contributed by atoms with Crippen LogP contribution in [0.4, 0.5) is 4.79 Å². The number of halogens is 1. The number of alkyl halides is 1. The Hall–Kier alpha value is -3.43. The molecule has 186 valence electrons. The van der Waals surface area contributed by atoms with E-state index in [4.69, 9.17) is 21.1 Å². The number of likely N-dealkylation sites (tertiary alicyclic amines) is 1. The minimum atomic E-state index is -1.06. The van der Waals surface area contributed by atoms with Crippen molar-refractivity contribution in [3.05, 3.63) is 71.8 Å². The Labute approximate surface area is 208 Å². The van der Waals surface area contributed by atoms with Gasteiger partial charge in [-0.1, -0.05) is 60.7 Å². The number of methoxy groups -OCH3 is 1. The molecular formula is C25H28ClN3O6. The molecule has 1 saturated heterocycles. The summed E-state index contributed by atoms with van der Waals surface area (Å²) in [5.41, 5.74) is 4.22. The molecule has 1 aliphatic heterocycles. The minimum absolute atomic E-state index is 0.0816. The average molecular weight is 502 g/mol. The molecule has 2 atom stereocenters. The van der Waals surface area contributed by atoms with Gasteiger partial charge in [0.25, 0.3) is 5.91 Å². The molecule has 3 amide bonds. The zero-order chi connectivity index (χ0) is 25.2. The predicted octanol–water partition coefficient (Wildman–Crippen LogP) is 2.67. The van der Waals surface area contributed by atoms with Crippen LogP contribution in [0.1, 0.15) is 24.0 Å². The molecule has 0 aliphatic carbocycles. The first-order chi connectivity index (χ1) is 16.9. The third-order valence-electron chi connectivity index (χ3n) is 5.63. The second-order valence-electron chi connectivity index (χ2n) is 7.99. The number of ether oxygens (including phenoxy) is 2. The Morgan fingerprint density at radius 2 is 1.69 bits per heavy atom. The smallest absolute Gasteiger partial charge is 0.431 e. The highest BCUT2D eigenvalue weighted by Crippen LogP contribution is 2.20. The highest BCUT2D eigenvalue weighted by Gasteiger charge is 2.40. The largest absolute Gasteiger partial charge is 0.468 e. The van der Waals surface area contributed by atoms with E-state index in [-0.39, 0.29) is 18.9 Å². The van der Waals surface area contributed by atoms with Gasteiger partial charge in [0.05, 0.1) is 7.11 Å². The van der Waals surface area contributed by atoms with E-state index in [0.29, 0.717) is 24.4 Å². The number of nitrogens with one attached hydrogen (secondary N) is 1. The lowest BCUT2D eigenvalue weighted by molar-refractivity contribution is -0.149. The van der Waals surface area contributed by atoms with Crippen molar-refractivity contribution in [1.29, 1.82) is 0 Å². The summed E-state index contributed by atoms with van der Waals surface area (Å²) >= 11 is 5.71. The fraction of sp³-hybridized carbons (Fsp3) is 0.360. The summed E-state index contributed by atoms with van der Waals surface area (Å²) in [5.74, 6) is -2.06. The van der Waals surface area contributed by atoms with E-state index in [1.165, 1.54) is 12.0 Å². The van der Waals surface area contributed by atoms with Crippen LogP contribution in [0.5, 0.6) is 0 Å². The highest BCUT2D eigenvalue weighted by atomic mass is 35.5. The Kier molecular flexibility index (Phi) is 9.63. The van der Waals surface area contributed by atoms with Crippen molar-refractivity contribution in [2.75, 3.05) is 19.5 Å². The molecule has 3 rings (SSSR count). The van der Waals surface area contributed by atoms with E-state index in [1.54, 1.807) is 24.3 Å². The Balaban J connectivity index is 1.84. The monoisotopic (exact) mass is 501 g/mol.